The van der Waals surface area contributed by atoms with E-state index in [0.29, 0.717) is 12.2 Å². The Morgan fingerprint density at radius 3 is 2.35 bits per heavy atom. The fraction of sp³-hybridized carbons (Fsp3) is 1.00. The second kappa shape index (κ2) is 7.77. The third-order valence-corrected chi connectivity index (χ3v) is 4.81. The summed E-state index contributed by atoms with van der Waals surface area (Å²) in [5, 5.41) is 0. The fourth-order valence-electron chi connectivity index (χ4n) is 3.56. The molecule has 2 fully saturated rings. The molecule has 0 radical (unpaired) electrons. The number of ether oxygens (including phenoxy) is 1. The first-order valence-corrected chi connectivity index (χ1v) is 8.66. The summed E-state index contributed by atoms with van der Waals surface area (Å²) < 4.78 is 6.29. The van der Waals surface area contributed by atoms with Gasteiger partial charge in [-0.2, -0.15) is 0 Å². The third-order valence-electron chi connectivity index (χ3n) is 4.81. The van der Waals surface area contributed by atoms with Gasteiger partial charge in [-0.15, -0.1) is 0 Å². The smallest absolute Gasteiger partial charge is 0.0608 e. The van der Waals surface area contributed by atoms with Gasteiger partial charge in [-0.1, -0.05) is 20.8 Å². The quantitative estimate of drug-likeness (QED) is 0.714. The van der Waals surface area contributed by atoms with E-state index >= 15 is 0 Å². The van der Waals surface area contributed by atoms with E-state index in [1.54, 1.807) is 0 Å². The topological polar surface area (TPSA) is 15.7 Å². The molecule has 0 atom stereocenters. The highest BCUT2D eigenvalue weighted by Crippen LogP contribution is 2.30. The summed E-state index contributed by atoms with van der Waals surface area (Å²) in [5.74, 6) is 0.786. The summed E-state index contributed by atoms with van der Waals surface area (Å²) >= 11 is 0. The molecular weight excluding hydrogens is 248 g/mol. The summed E-state index contributed by atoms with van der Waals surface area (Å²) in [5.41, 5.74) is 0. The largest absolute Gasteiger partial charge is 0.375 e. The molecule has 3 nitrogen and oxygen atoms in total. The maximum Gasteiger partial charge on any atom is 0.0608 e. The van der Waals surface area contributed by atoms with Gasteiger partial charge >= 0.3 is 0 Å². The zero-order valence-corrected chi connectivity index (χ0v) is 14.0. The van der Waals surface area contributed by atoms with Crippen molar-refractivity contribution in [3.05, 3.63) is 0 Å². The van der Waals surface area contributed by atoms with Crippen LogP contribution in [0.2, 0.25) is 0 Å². The fourth-order valence-corrected chi connectivity index (χ4v) is 3.56. The van der Waals surface area contributed by atoms with Crippen molar-refractivity contribution in [2.45, 2.75) is 71.1 Å². The van der Waals surface area contributed by atoms with E-state index in [0.717, 1.165) is 12.0 Å². The third kappa shape index (κ3) is 4.71. The maximum absolute atomic E-state index is 6.29. The molecule has 0 unspecified atom stereocenters. The molecule has 0 aromatic heterocycles. The summed E-state index contributed by atoms with van der Waals surface area (Å²) in [4.78, 5) is 5.11. The molecule has 0 aromatic rings. The van der Waals surface area contributed by atoms with Crippen LogP contribution in [0.1, 0.15) is 52.9 Å². The molecule has 20 heavy (non-hydrogen) atoms. The van der Waals surface area contributed by atoms with E-state index in [4.69, 9.17) is 4.74 Å². The lowest BCUT2D eigenvalue weighted by Crippen LogP contribution is -2.49. The summed E-state index contributed by atoms with van der Waals surface area (Å²) in [6.07, 6.45) is 7.30. The van der Waals surface area contributed by atoms with Crippen LogP contribution in [0.25, 0.3) is 0 Å². The highest BCUT2D eigenvalue weighted by molar-refractivity contribution is 4.88. The summed E-state index contributed by atoms with van der Waals surface area (Å²) in [7, 11) is 2.26. The lowest BCUT2D eigenvalue weighted by molar-refractivity contribution is -0.100. The number of hydrogen-bond acceptors (Lipinski definition) is 3. The van der Waals surface area contributed by atoms with Crippen molar-refractivity contribution in [3.63, 3.8) is 0 Å². The molecule has 118 valence electrons. The van der Waals surface area contributed by atoms with Crippen LogP contribution in [0.15, 0.2) is 0 Å². The van der Waals surface area contributed by atoms with Crippen LogP contribution in [0.5, 0.6) is 0 Å². The van der Waals surface area contributed by atoms with Crippen LogP contribution in [0.4, 0.5) is 0 Å². The molecular formula is C17H34N2O. The molecule has 3 heteroatoms. The van der Waals surface area contributed by atoms with Crippen molar-refractivity contribution in [2.24, 2.45) is 5.92 Å². The number of piperidine rings is 1. The summed E-state index contributed by atoms with van der Waals surface area (Å²) in [6.45, 7) is 11.8. The monoisotopic (exact) mass is 282 g/mol. The molecule has 0 amide bonds. The highest BCUT2D eigenvalue weighted by Gasteiger charge is 2.34. The van der Waals surface area contributed by atoms with Gasteiger partial charge in [0.2, 0.25) is 0 Å². The van der Waals surface area contributed by atoms with Crippen molar-refractivity contribution in [3.8, 4) is 0 Å². The van der Waals surface area contributed by atoms with Crippen molar-refractivity contribution >= 4 is 0 Å². The minimum atomic E-state index is 0.529. The molecule has 0 aromatic carbocycles. The van der Waals surface area contributed by atoms with Gasteiger partial charge in [-0.3, -0.25) is 0 Å². The van der Waals surface area contributed by atoms with Gasteiger partial charge < -0.3 is 14.5 Å². The first kappa shape index (κ1) is 16.3. The van der Waals surface area contributed by atoms with E-state index < -0.39 is 0 Å². The molecule has 1 saturated heterocycles. The number of nitrogens with zero attached hydrogens (tertiary/aromatic N) is 2. The van der Waals surface area contributed by atoms with Crippen molar-refractivity contribution < 1.29 is 4.74 Å². The second-order valence-corrected chi connectivity index (χ2v) is 7.26. The molecule has 0 N–H and O–H groups in total. The van der Waals surface area contributed by atoms with Crippen LogP contribution in [0.3, 0.4) is 0 Å². The maximum atomic E-state index is 6.29. The molecule has 2 aliphatic rings. The van der Waals surface area contributed by atoms with E-state index in [-0.39, 0.29) is 0 Å². The predicted octanol–water partition coefficient (Wildman–Crippen LogP) is 3.00. The van der Waals surface area contributed by atoms with Crippen molar-refractivity contribution in [2.75, 3.05) is 33.2 Å². The zero-order valence-electron chi connectivity index (χ0n) is 14.0. The molecule has 1 saturated carbocycles. The Labute approximate surface area is 125 Å². The first-order chi connectivity index (χ1) is 9.58. The number of likely N-dealkylation sites (tertiary alicyclic amines) is 1. The molecule has 0 bridgehead atoms. The van der Waals surface area contributed by atoms with Crippen LogP contribution < -0.4 is 0 Å². The van der Waals surface area contributed by atoms with Crippen LogP contribution in [-0.2, 0) is 4.74 Å². The first-order valence-electron chi connectivity index (χ1n) is 8.66. The second-order valence-electron chi connectivity index (χ2n) is 7.26. The zero-order chi connectivity index (χ0) is 14.5. The molecule has 1 aliphatic heterocycles. The normalized spacial score (nSPS) is 29.1. The van der Waals surface area contributed by atoms with Gasteiger partial charge in [0.25, 0.3) is 0 Å². The van der Waals surface area contributed by atoms with Gasteiger partial charge in [0, 0.05) is 25.7 Å². The number of rotatable bonds is 7. The highest BCUT2D eigenvalue weighted by atomic mass is 16.5. The minimum absolute atomic E-state index is 0.529. The Morgan fingerprint density at radius 2 is 1.80 bits per heavy atom. The predicted molar refractivity (Wildman–Crippen MR) is 85.1 cm³/mol. The van der Waals surface area contributed by atoms with Crippen LogP contribution in [0, 0.1) is 5.92 Å². The SMILES string of the molecule is CCCN(C)C1CC(OC2CCN(CC(C)C)CC2)C1. The van der Waals surface area contributed by atoms with Gasteiger partial charge in [0.15, 0.2) is 0 Å². The Morgan fingerprint density at radius 1 is 1.15 bits per heavy atom. The van der Waals surface area contributed by atoms with E-state index in [9.17, 15) is 0 Å². The molecule has 2 rings (SSSR count). The van der Waals surface area contributed by atoms with Gasteiger partial charge in [0.05, 0.1) is 12.2 Å². The average Bonchev–Trinajstić information content (AvgIpc) is 2.34. The van der Waals surface area contributed by atoms with Crippen molar-refractivity contribution in [1.29, 1.82) is 0 Å². The lowest BCUT2D eigenvalue weighted by atomic mass is 9.87. The Kier molecular flexibility index (Phi) is 6.31. The number of hydrogen-bond donors (Lipinski definition) is 0. The lowest BCUT2D eigenvalue weighted by Gasteiger charge is -2.43. The Bertz CT molecular complexity index is 268. The average molecular weight is 282 g/mol. The molecule has 1 aliphatic carbocycles. The van der Waals surface area contributed by atoms with Crippen molar-refractivity contribution in [1.82, 2.24) is 9.80 Å². The van der Waals surface area contributed by atoms with Gasteiger partial charge in [-0.25, -0.2) is 0 Å². The Hall–Kier alpha value is -0.120. The van der Waals surface area contributed by atoms with Crippen LogP contribution in [-0.4, -0.2) is 61.3 Å². The molecule has 0 spiro atoms. The van der Waals surface area contributed by atoms with E-state index in [1.165, 1.54) is 58.3 Å². The standard InChI is InChI=1S/C17H34N2O/c1-5-8-18(4)15-11-17(12-15)20-16-6-9-19(10-7-16)13-14(2)3/h14-17H,5-13H2,1-4H3. The van der Waals surface area contributed by atoms with Gasteiger partial charge in [-0.05, 0) is 51.6 Å². The Balaban J connectivity index is 1.58. The van der Waals surface area contributed by atoms with E-state index in [2.05, 4.69) is 37.6 Å². The van der Waals surface area contributed by atoms with E-state index in [1.807, 2.05) is 0 Å². The molecule has 1 heterocycles. The van der Waals surface area contributed by atoms with Crippen LogP contribution >= 0.6 is 0 Å². The van der Waals surface area contributed by atoms with Gasteiger partial charge in [0.1, 0.15) is 0 Å². The minimum Gasteiger partial charge on any atom is -0.375 e. The summed E-state index contributed by atoms with van der Waals surface area (Å²) in [6, 6.07) is 0.779.